The van der Waals surface area contributed by atoms with Crippen LogP contribution in [0.1, 0.15) is 27.7 Å². The van der Waals surface area contributed by atoms with E-state index in [0.717, 1.165) is 59.0 Å². The third-order valence-electron chi connectivity index (χ3n) is 5.09. The molecule has 2 aliphatic heterocycles. The zero-order valence-electron chi connectivity index (χ0n) is 14.3. The van der Waals surface area contributed by atoms with E-state index in [1.807, 2.05) is 0 Å². The number of nitrogens with zero attached hydrogens (tertiary/aromatic N) is 3. The first-order valence-corrected chi connectivity index (χ1v) is 8.45. The third-order valence-corrected chi connectivity index (χ3v) is 5.09. The third kappa shape index (κ3) is 4.63. The van der Waals surface area contributed by atoms with Gasteiger partial charge in [-0.05, 0) is 27.7 Å². The summed E-state index contributed by atoms with van der Waals surface area (Å²) in [6, 6.07) is 0.624. The van der Waals surface area contributed by atoms with Crippen LogP contribution in [0.2, 0.25) is 0 Å². The van der Waals surface area contributed by atoms with Gasteiger partial charge in [0.25, 0.3) is 0 Å². The fraction of sp³-hybridized carbons (Fsp3) is 1.00. The Morgan fingerprint density at radius 2 is 1.81 bits per heavy atom. The van der Waals surface area contributed by atoms with Gasteiger partial charge in [-0.25, -0.2) is 0 Å². The minimum absolute atomic E-state index is 0.127. The fourth-order valence-electron chi connectivity index (χ4n) is 3.27. The summed E-state index contributed by atoms with van der Waals surface area (Å²) < 4.78 is 5.96. The number of ether oxygens (including phenoxy) is 1. The van der Waals surface area contributed by atoms with E-state index in [4.69, 9.17) is 10.5 Å². The molecular weight excluding hydrogens is 264 g/mol. The quantitative estimate of drug-likeness (QED) is 0.798. The minimum atomic E-state index is 0.127. The Morgan fingerprint density at radius 3 is 2.38 bits per heavy atom. The molecule has 2 saturated heterocycles. The van der Waals surface area contributed by atoms with Crippen molar-refractivity contribution >= 4 is 0 Å². The summed E-state index contributed by atoms with van der Waals surface area (Å²) in [6.45, 7) is 18.3. The largest absolute Gasteiger partial charge is 0.374 e. The number of piperazine rings is 1. The highest BCUT2D eigenvalue weighted by molar-refractivity contribution is 4.87. The Hall–Kier alpha value is -0.200. The van der Waals surface area contributed by atoms with Gasteiger partial charge in [-0.3, -0.25) is 14.7 Å². The molecular formula is C16H34N4O. The number of rotatable bonds is 5. The van der Waals surface area contributed by atoms with Crippen LogP contribution in [0.15, 0.2) is 0 Å². The molecule has 5 heteroatoms. The molecule has 1 unspecified atom stereocenters. The second-order valence-electron chi connectivity index (χ2n) is 7.39. The van der Waals surface area contributed by atoms with E-state index in [0.29, 0.717) is 12.1 Å². The lowest BCUT2D eigenvalue weighted by molar-refractivity contribution is -0.0594. The van der Waals surface area contributed by atoms with E-state index in [2.05, 4.69) is 42.4 Å². The molecule has 21 heavy (non-hydrogen) atoms. The molecule has 2 aliphatic rings. The Balaban J connectivity index is 1.76. The molecule has 1 atom stereocenters. The highest BCUT2D eigenvalue weighted by atomic mass is 16.5. The highest BCUT2D eigenvalue weighted by Gasteiger charge is 2.30. The molecule has 0 spiro atoms. The van der Waals surface area contributed by atoms with Gasteiger partial charge < -0.3 is 10.5 Å². The van der Waals surface area contributed by atoms with Gasteiger partial charge in [-0.15, -0.1) is 0 Å². The molecule has 0 aromatic heterocycles. The number of morpholine rings is 1. The van der Waals surface area contributed by atoms with E-state index in [-0.39, 0.29) is 5.54 Å². The molecule has 0 aromatic rings. The van der Waals surface area contributed by atoms with Gasteiger partial charge >= 0.3 is 0 Å². The van der Waals surface area contributed by atoms with Crippen molar-refractivity contribution < 1.29 is 4.74 Å². The average Bonchev–Trinajstić information content (AvgIpc) is 2.48. The van der Waals surface area contributed by atoms with Crippen LogP contribution in [0.5, 0.6) is 0 Å². The predicted octanol–water partition coefficient (Wildman–Crippen LogP) is 0.451. The first-order valence-electron chi connectivity index (χ1n) is 8.45. The van der Waals surface area contributed by atoms with E-state index in [1.165, 1.54) is 0 Å². The normalized spacial score (nSPS) is 27.4. The summed E-state index contributed by atoms with van der Waals surface area (Å²) >= 11 is 0. The second kappa shape index (κ2) is 7.38. The molecule has 2 heterocycles. The maximum atomic E-state index is 5.96. The van der Waals surface area contributed by atoms with Crippen LogP contribution in [0.3, 0.4) is 0 Å². The van der Waals surface area contributed by atoms with Crippen molar-refractivity contribution in [2.24, 2.45) is 5.73 Å². The molecule has 2 fully saturated rings. The Bertz CT molecular complexity index is 313. The predicted molar refractivity (Wildman–Crippen MR) is 87.6 cm³/mol. The summed E-state index contributed by atoms with van der Waals surface area (Å²) in [5.41, 5.74) is 6.01. The average molecular weight is 298 g/mol. The molecule has 124 valence electrons. The van der Waals surface area contributed by atoms with Gasteiger partial charge in [0.1, 0.15) is 0 Å². The van der Waals surface area contributed by atoms with Crippen molar-refractivity contribution in [3.63, 3.8) is 0 Å². The lowest BCUT2D eigenvalue weighted by atomic mass is 10.0. The topological polar surface area (TPSA) is 45.0 Å². The van der Waals surface area contributed by atoms with Crippen molar-refractivity contribution in [1.82, 2.24) is 14.7 Å². The highest BCUT2D eigenvalue weighted by Crippen LogP contribution is 2.17. The van der Waals surface area contributed by atoms with Crippen molar-refractivity contribution in [2.45, 2.75) is 45.4 Å². The molecule has 0 amide bonds. The second-order valence-corrected chi connectivity index (χ2v) is 7.39. The fourth-order valence-corrected chi connectivity index (χ4v) is 3.27. The van der Waals surface area contributed by atoms with Crippen LogP contribution >= 0.6 is 0 Å². The van der Waals surface area contributed by atoms with Crippen LogP contribution in [0, 0.1) is 0 Å². The van der Waals surface area contributed by atoms with Crippen LogP contribution in [0.4, 0.5) is 0 Å². The van der Waals surface area contributed by atoms with Crippen molar-refractivity contribution in [2.75, 3.05) is 59.0 Å². The Morgan fingerprint density at radius 1 is 1.14 bits per heavy atom. The van der Waals surface area contributed by atoms with Crippen LogP contribution in [-0.2, 0) is 4.74 Å². The monoisotopic (exact) mass is 298 g/mol. The summed E-state index contributed by atoms with van der Waals surface area (Å²) in [7, 11) is 0. The van der Waals surface area contributed by atoms with Crippen molar-refractivity contribution in [3.8, 4) is 0 Å². The number of hydrogen-bond donors (Lipinski definition) is 1. The maximum absolute atomic E-state index is 5.96. The molecule has 5 nitrogen and oxygen atoms in total. The van der Waals surface area contributed by atoms with Crippen LogP contribution < -0.4 is 5.73 Å². The van der Waals surface area contributed by atoms with Gasteiger partial charge in [0.05, 0.1) is 12.7 Å². The summed E-state index contributed by atoms with van der Waals surface area (Å²) in [5, 5.41) is 0. The number of hydrogen-bond acceptors (Lipinski definition) is 5. The van der Waals surface area contributed by atoms with Gasteiger partial charge in [0, 0.05) is 63.9 Å². The van der Waals surface area contributed by atoms with Crippen molar-refractivity contribution in [3.05, 3.63) is 0 Å². The van der Waals surface area contributed by atoms with E-state index >= 15 is 0 Å². The number of nitrogens with two attached hydrogens (primary N) is 1. The molecule has 2 N–H and O–H groups in total. The van der Waals surface area contributed by atoms with Crippen LogP contribution in [-0.4, -0.2) is 91.3 Å². The van der Waals surface area contributed by atoms with Crippen molar-refractivity contribution in [1.29, 1.82) is 0 Å². The van der Waals surface area contributed by atoms with Gasteiger partial charge in [0.15, 0.2) is 0 Å². The van der Waals surface area contributed by atoms with E-state index < -0.39 is 0 Å². The Labute approximate surface area is 130 Å². The van der Waals surface area contributed by atoms with Gasteiger partial charge in [0.2, 0.25) is 0 Å². The molecule has 0 aromatic carbocycles. The summed E-state index contributed by atoms with van der Waals surface area (Å²) in [4.78, 5) is 7.60. The maximum Gasteiger partial charge on any atom is 0.0829 e. The van der Waals surface area contributed by atoms with Gasteiger partial charge in [-0.2, -0.15) is 0 Å². The first-order chi connectivity index (χ1) is 9.92. The summed E-state index contributed by atoms with van der Waals surface area (Å²) in [6.07, 6.45) is 0.371. The first kappa shape index (κ1) is 17.2. The molecule has 0 bridgehead atoms. The minimum Gasteiger partial charge on any atom is -0.374 e. The lowest BCUT2D eigenvalue weighted by Crippen LogP contribution is -2.59. The SMILES string of the molecule is CC(C)N1CCOC(CN2CCN(C(C)(C)CN)CC2)C1. The summed E-state index contributed by atoms with van der Waals surface area (Å²) in [5.74, 6) is 0. The molecule has 0 radical (unpaired) electrons. The van der Waals surface area contributed by atoms with Gasteiger partial charge in [-0.1, -0.05) is 0 Å². The molecule has 0 aliphatic carbocycles. The van der Waals surface area contributed by atoms with Crippen LogP contribution in [0.25, 0.3) is 0 Å². The van der Waals surface area contributed by atoms with E-state index in [1.54, 1.807) is 0 Å². The smallest absolute Gasteiger partial charge is 0.0829 e. The Kier molecular flexibility index (Phi) is 6.03. The zero-order chi connectivity index (χ0) is 15.5. The molecule has 0 saturated carbocycles. The zero-order valence-corrected chi connectivity index (χ0v) is 14.3. The standard InChI is InChI=1S/C16H34N4O/c1-14(2)19-9-10-21-15(12-19)11-18-5-7-20(8-6-18)16(3,4)13-17/h14-15H,5-13,17H2,1-4H3. The van der Waals surface area contributed by atoms with E-state index in [9.17, 15) is 0 Å². The molecule has 2 rings (SSSR count). The lowest BCUT2D eigenvalue weighted by Gasteiger charge is -2.45.